The molecule has 5 heteroatoms. The number of Topliss-reactive ketones (excluding diaryl/α,β-unsaturated/α-hetero) is 1. The topological polar surface area (TPSA) is 55.4 Å². The van der Waals surface area contributed by atoms with E-state index in [0.29, 0.717) is 11.4 Å². The van der Waals surface area contributed by atoms with E-state index in [0.717, 1.165) is 12.0 Å². The fourth-order valence-electron chi connectivity index (χ4n) is 3.47. The molecule has 1 saturated carbocycles. The average molecular weight is 294 g/mol. The fraction of sp³-hybridized carbons (Fsp3) is 0.467. The molecule has 0 bridgehead atoms. The van der Waals surface area contributed by atoms with E-state index in [4.69, 9.17) is 16.3 Å². The third-order valence-electron chi connectivity index (χ3n) is 4.39. The Bertz CT molecular complexity index is 543. The van der Waals surface area contributed by atoms with Crippen molar-refractivity contribution >= 4 is 23.4 Å². The molecule has 1 aliphatic carbocycles. The van der Waals surface area contributed by atoms with Crippen LogP contribution < -0.4 is 5.32 Å². The molecule has 0 aromatic heterocycles. The van der Waals surface area contributed by atoms with Crippen LogP contribution in [-0.4, -0.2) is 24.9 Å². The predicted octanol–water partition coefficient (Wildman–Crippen LogP) is 2.12. The van der Waals surface area contributed by atoms with Crippen molar-refractivity contribution in [2.45, 2.75) is 24.9 Å². The molecule has 0 amide bonds. The number of methoxy groups -OCH3 is 1. The summed E-state index contributed by atoms with van der Waals surface area (Å²) in [6.45, 7) is 0. The molecule has 4 nitrogen and oxygen atoms in total. The molecular weight excluding hydrogens is 278 g/mol. The lowest BCUT2D eigenvalue weighted by Gasteiger charge is -2.17. The molecular formula is C15H16ClNO3. The van der Waals surface area contributed by atoms with Crippen LogP contribution in [0.2, 0.25) is 5.02 Å². The molecule has 3 rings (SSSR count). The second kappa shape index (κ2) is 5.19. The van der Waals surface area contributed by atoms with Gasteiger partial charge >= 0.3 is 5.97 Å². The first kappa shape index (κ1) is 13.6. The SMILES string of the molecule is COC(=O)[C@H]1N[C@@H](c2ccc(Cl)cc2)[C@H]2C(=O)CC[C@H]21. The van der Waals surface area contributed by atoms with Gasteiger partial charge in [-0.05, 0) is 30.0 Å². The van der Waals surface area contributed by atoms with E-state index < -0.39 is 6.04 Å². The van der Waals surface area contributed by atoms with Crippen LogP contribution in [0.3, 0.4) is 0 Å². The van der Waals surface area contributed by atoms with Crippen molar-refractivity contribution in [1.29, 1.82) is 0 Å². The van der Waals surface area contributed by atoms with Gasteiger partial charge in [-0.2, -0.15) is 0 Å². The first-order valence-electron chi connectivity index (χ1n) is 6.74. The molecule has 1 aromatic rings. The molecule has 4 atom stereocenters. The highest BCUT2D eigenvalue weighted by Crippen LogP contribution is 2.45. The monoisotopic (exact) mass is 293 g/mol. The molecule has 1 heterocycles. The molecule has 2 aliphatic rings. The maximum atomic E-state index is 12.1. The van der Waals surface area contributed by atoms with Crippen molar-refractivity contribution in [3.05, 3.63) is 34.9 Å². The van der Waals surface area contributed by atoms with Gasteiger partial charge in [-0.3, -0.25) is 14.9 Å². The predicted molar refractivity (Wildman–Crippen MR) is 74.4 cm³/mol. The summed E-state index contributed by atoms with van der Waals surface area (Å²) in [5.41, 5.74) is 0.992. The number of ketones is 1. The van der Waals surface area contributed by atoms with Gasteiger partial charge in [0.1, 0.15) is 11.8 Å². The van der Waals surface area contributed by atoms with Crippen molar-refractivity contribution in [2.75, 3.05) is 7.11 Å². The Morgan fingerprint density at radius 3 is 2.70 bits per heavy atom. The van der Waals surface area contributed by atoms with Crippen LogP contribution in [0.15, 0.2) is 24.3 Å². The summed E-state index contributed by atoms with van der Waals surface area (Å²) < 4.78 is 4.85. The molecule has 1 N–H and O–H groups in total. The molecule has 0 radical (unpaired) electrons. The van der Waals surface area contributed by atoms with Crippen LogP contribution in [0.25, 0.3) is 0 Å². The summed E-state index contributed by atoms with van der Waals surface area (Å²) in [4.78, 5) is 24.0. The average Bonchev–Trinajstić information content (AvgIpc) is 3.00. The highest BCUT2D eigenvalue weighted by Gasteiger charge is 2.53. The van der Waals surface area contributed by atoms with Crippen LogP contribution in [0.1, 0.15) is 24.4 Å². The maximum absolute atomic E-state index is 12.1. The van der Waals surface area contributed by atoms with Crippen molar-refractivity contribution in [2.24, 2.45) is 11.8 Å². The fourth-order valence-corrected chi connectivity index (χ4v) is 3.59. The van der Waals surface area contributed by atoms with Gasteiger partial charge in [-0.25, -0.2) is 0 Å². The Morgan fingerprint density at radius 1 is 1.35 bits per heavy atom. The number of halogens is 1. The minimum atomic E-state index is -0.392. The number of rotatable bonds is 2. The summed E-state index contributed by atoms with van der Waals surface area (Å²) in [6.07, 6.45) is 1.30. The molecule has 0 spiro atoms. The number of hydrogen-bond acceptors (Lipinski definition) is 4. The van der Waals surface area contributed by atoms with Crippen molar-refractivity contribution < 1.29 is 14.3 Å². The number of esters is 1. The smallest absolute Gasteiger partial charge is 0.323 e. The zero-order chi connectivity index (χ0) is 14.3. The largest absolute Gasteiger partial charge is 0.468 e. The van der Waals surface area contributed by atoms with E-state index in [1.807, 2.05) is 12.1 Å². The third kappa shape index (κ3) is 2.13. The zero-order valence-electron chi connectivity index (χ0n) is 11.1. The van der Waals surface area contributed by atoms with Crippen LogP contribution in [0.5, 0.6) is 0 Å². The van der Waals surface area contributed by atoms with Crippen LogP contribution in [0.4, 0.5) is 0 Å². The summed E-state index contributed by atoms with van der Waals surface area (Å²) >= 11 is 5.90. The van der Waals surface area contributed by atoms with E-state index in [2.05, 4.69) is 5.32 Å². The van der Waals surface area contributed by atoms with Gasteiger partial charge in [0, 0.05) is 23.4 Å². The van der Waals surface area contributed by atoms with Gasteiger partial charge in [-0.15, -0.1) is 0 Å². The number of hydrogen-bond donors (Lipinski definition) is 1. The van der Waals surface area contributed by atoms with Gasteiger partial charge in [0.25, 0.3) is 0 Å². The van der Waals surface area contributed by atoms with Crippen molar-refractivity contribution in [1.82, 2.24) is 5.32 Å². The zero-order valence-corrected chi connectivity index (χ0v) is 11.9. The highest BCUT2D eigenvalue weighted by atomic mass is 35.5. The Morgan fingerprint density at radius 2 is 2.05 bits per heavy atom. The summed E-state index contributed by atoms with van der Waals surface area (Å²) in [5, 5.41) is 3.93. The molecule has 0 unspecified atom stereocenters. The summed E-state index contributed by atoms with van der Waals surface area (Å²) in [7, 11) is 1.38. The minimum absolute atomic E-state index is 0.0376. The van der Waals surface area contributed by atoms with Crippen LogP contribution >= 0.6 is 11.6 Å². The molecule has 1 saturated heterocycles. The van der Waals surface area contributed by atoms with Crippen molar-refractivity contribution in [3.8, 4) is 0 Å². The summed E-state index contributed by atoms with van der Waals surface area (Å²) in [5.74, 6) is -0.157. The minimum Gasteiger partial charge on any atom is -0.468 e. The second-order valence-electron chi connectivity index (χ2n) is 5.39. The molecule has 20 heavy (non-hydrogen) atoms. The normalized spacial score (nSPS) is 32.2. The van der Waals surface area contributed by atoms with E-state index >= 15 is 0 Å². The Balaban J connectivity index is 1.93. The molecule has 1 aromatic carbocycles. The lowest BCUT2D eigenvalue weighted by molar-refractivity contribution is -0.143. The quantitative estimate of drug-likeness (QED) is 0.849. The second-order valence-corrected chi connectivity index (χ2v) is 5.83. The molecule has 2 fully saturated rings. The number of carbonyl (C=O) groups excluding carboxylic acids is 2. The van der Waals surface area contributed by atoms with E-state index in [-0.39, 0.29) is 29.6 Å². The number of ether oxygens (including phenoxy) is 1. The maximum Gasteiger partial charge on any atom is 0.323 e. The standard InChI is InChI=1S/C15H16ClNO3/c1-20-15(19)14-10-6-7-11(18)12(10)13(17-14)8-2-4-9(16)5-3-8/h2-5,10,12-14,17H,6-7H2,1H3/t10-,12-,13+,14+/m1/s1. The lowest BCUT2D eigenvalue weighted by atomic mass is 9.87. The number of nitrogens with one attached hydrogen (secondary N) is 1. The number of benzene rings is 1. The first-order valence-corrected chi connectivity index (χ1v) is 7.11. The van der Waals surface area contributed by atoms with E-state index in [9.17, 15) is 9.59 Å². The third-order valence-corrected chi connectivity index (χ3v) is 4.64. The highest BCUT2D eigenvalue weighted by molar-refractivity contribution is 6.30. The van der Waals surface area contributed by atoms with Crippen LogP contribution in [0, 0.1) is 11.8 Å². The Labute approximate surface area is 122 Å². The lowest BCUT2D eigenvalue weighted by Crippen LogP contribution is -2.37. The van der Waals surface area contributed by atoms with Crippen LogP contribution in [-0.2, 0) is 14.3 Å². The first-order chi connectivity index (χ1) is 9.61. The Hall–Kier alpha value is -1.39. The van der Waals surface area contributed by atoms with Gasteiger partial charge < -0.3 is 4.74 Å². The number of fused-ring (bicyclic) bond motifs is 1. The number of carbonyl (C=O) groups is 2. The van der Waals surface area contributed by atoms with E-state index in [1.54, 1.807) is 12.1 Å². The van der Waals surface area contributed by atoms with Crippen molar-refractivity contribution in [3.63, 3.8) is 0 Å². The van der Waals surface area contributed by atoms with Gasteiger partial charge in [0.2, 0.25) is 0 Å². The van der Waals surface area contributed by atoms with Gasteiger partial charge in [0.05, 0.1) is 7.11 Å². The van der Waals surface area contributed by atoms with Gasteiger partial charge in [-0.1, -0.05) is 23.7 Å². The molecule has 106 valence electrons. The summed E-state index contributed by atoms with van der Waals surface area (Å²) in [6, 6.07) is 6.90. The van der Waals surface area contributed by atoms with Gasteiger partial charge in [0.15, 0.2) is 0 Å². The molecule has 1 aliphatic heterocycles. The van der Waals surface area contributed by atoms with E-state index in [1.165, 1.54) is 7.11 Å². The Kier molecular flexibility index (Phi) is 3.52.